The Morgan fingerprint density at radius 1 is 0.240 bits per heavy atom. The number of hydrogen-bond acceptors (Lipinski definition) is 3. The van der Waals surface area contributed by atoms with Crippen LogP contribution in [-0.2, 0) is 0 Å². The number of fused-ring (bicyclic) bond motifs is 2. The molecule has 0 radical (unpaired) electrons. The molecule has 3 heteroatoms. The van der Waals surface area contributed by atoms with Gasteiger partial charge in [0.2, 0.25) is 0 Å². The highest BCUT2D eigenvalue weighted by atomic mass is 15.0. The molecule has 9 aromatic rings. The van der Waals surface area contributed by atoms with Crippen molar-refractivity contribution in [3.05, 3.63) is 188 Å². The predicted octanol–water partition coefficient (Wildman–Crippen LogP) is 12.2. The van der Waals surface area contributed by atoms with Crippen LogP contribution < -0.4 is 0 Å². The van der Waals surface area contributed by atoms with Crippen LogP contribution in [0.15, 0.2) is 188 Å². The van der Waals surface area contributed by atoms with Gasteiger partial charge in [0.1, 0.15) is 0 Å². The van der Waals surface area contributed by atoms with E-state index < -0.39 is 0 Å². The SMILES string of the molecule is c1ccc(-c2cccc(-c3cc(-c4nc(-c5ccccc5)nc(-c5ccc6cc(-c7ccccc7)ccc6c5)n4)cc4ccccc34)c2)cc1. The van der Waals surface area contributed by atoms with E-state index in [1.54, 1.807) is 0 Å². The Morgan fingerprint density at radius 2 is 0.700 bits per heavy atom. The molecule has 0 bridgehead atoms. The molecule has 0 saturated carbocycles. The average molecular weight is 638 g/mol. The molecule has 1 heterocycles. The molecule has 9 rings (SSSR count). The van der Waals surface area contributed by atoms with E-state index in [2.05, 4.69) is 164 Å². The molecule has 0 aliphatic heterocycles. The lowest BCUT2D eigenvalue weighted by Crippen LogP contribution is -2.00. The number of rotatable bonds is 6. The molecule has 0 amide bonds. The number of aromatic nitrogens is 3. The van der Waals surface area contributed by atoms with E-state index in [4.69, 9.17) is 15.0 Å². The lowest BCUT2D eigenvalue weighted by molar-refractivity contribution is 1.08. The maximum absolute atomic E-state index is 5.16. The summed E-state index contributed by atoms with van der Waals surface area (Å²) in [5, 5.41) is 4.62. The van der Waals surface area contributed by atoms with Crippen molar-refractivity contribution in [3.8, 4) is 67.5 Å². The molecule has 0 atom stereocenters. The van der Waals surface area contributed by atoms with Gasteiger partial charge in [-0.05, 0) is 85.3 Å². The first kappa shape index (κ1) is 29.4. The van der Waals surface area contributed by atoms with Crippen molar-refractivity contribution in [2.24, 2.45) is 0 Å². The highest BCUT2D eigenvalue weighted by Gasteiger charge is 2.16. The van der Waals surface area contributed by atoms with E-state index in [0.29, 0.717) is 17.5 Å². The summed E-state index contributed by atoms with van der Waals surface area (Å²) < 4.78 is 0. The van der Waals surface area contributed by atoms with Crippen LogP contribution in [0.3, 0.4) is 0 Å². The van der Waals surface area contributed by atoms with Gasteiger partial charge in [0.15, 0.2) is 17.5 Å². The van der Waals surface area contributed by atoms with Crippen molar-refractivity contribution >= 4 is 21.5 Å². The second-order valence-corrected chi connectivity index (χ2v) is 12.5. The molecular weight excluding hydrogens is 607 g/mol. The van der Waals surface area contributed by atoms with E-state index >= 15 is 0 Å². The van der Waals surface area contributed by atoms with Gasteiger partial charge in [0, 0.05) is 16.7 Å². The fraction of sp³-hybridized carbons (Fsp3) is 0. The van der Waals surface area contributed by atoms with Crippen LogP contribution >= 0.6 is 0 Å². The largest absolute Gasteiger partial charge is 0.208 e. The van der Waals surface area contributed by atoms with E-state index in [1.165, 1.54) is 33.0 Å². The smallest absolute Gasteiger partial charge is 0.164 e. The van der Waals surface area contributed by atoms with E-state index in [0.717, 1.165) is 38.6 Å². The van der Waals surface area contributed by atoms with Crippen LogP contribution in [-0.4, -0.2) is 15.0 Å². The van der Waals surface area contributed by atoms with Crippen molar-refractivity contribution in [3.63, 3.8) is 0 Å². The van der Waals surface area contributed by atoms with Gasteiger partial charge in [-0.15, -0.1) is 0 Å². The molecule has 0 saturated heterocycles. The van der Waals surface area contributed by atoms with Crippen LogP contribution in [0, 0.1) is 0 Å². The molecule has 8 aromatic carbocycles. The molecule has 0 aliphatic carbocycles. The van der Waals surface area contributed by atoms with Gasteiger partial charge < -0.3 is 0 Å². The van der Waals surface area contributed by atoms with Crippen molar-refractivity contribution in [2.75, 3.05) is 0 Å². The van der Waals surface area contributed by atoms with Gasteiger partial charge >= 0.3 is 0 Å². The van der Waals surface area contributed by atoms with E-state index in [9.17, 15) is 0 Å². The lowest BCUT2D eigenvalue weighted by Gasteiger charge is -2.13. The van der Waals surface area contributed by atoms with Crippen molar-refractivity contribution < 1.29 is 0 Å². The van der Waals surface area contributed by atoms with E-state index in [-0.39, 0.29) is 0 Å². The summed E-state index contributed by atoms with van der Waals surface area (Å²) in [6.45, 7) is 0. The average Bonchev–Trinajstić information content (AvgIpc) is 3.21. The Bertz CT molecular complexity index is 2630. The molecule has 50 heavy (non-hydrogen) atoms. The first-order chi connectivity index (χ1) is 24.7. The van der Waals surface area contributed by atoms with Crippen molar-refractivity contribution in [1.29, 1.82) is 0 Å². The summed E-state index contributed by atoms with van der Waals surface area (Å²) in [7, 11) is 0. The number of benzene rings is 8. The normalized spacial score (nSPS) is 11.2. The van der Waals surface area contributed by atoms with Crippen LogP contribution in [0.25, 0.3) is 89.1 Å². The third-order valence-electron chi connectivity index (χ3n) is 9.27. The van der Waals surface area contributed by atoms with Gasteiger partial charge in [0.05, 0.1) is 0 Å². The summed E-state index contributed by atoms with van der Waals surface area (Å²) in [5.74, 6) is 1.93. The monoisotopic (exact) mass is 637 g/mol. The Morgan fingerprint density at radius 3 is 1.38 bits per heavy atom. The summed E-state index contributed by atoms with van der Waals surface area (Å²) >= 11 is 0. The number of nitrogens with zero attached hydrogens (tertiary/aromatic N) is 3. The van der Waals surface area contributed by atoms with Gasteiger partial charge in [-0.2, -0.15) is 0 Å². The highest BCUT2D eigenvalue weighted by molar-refractivity contribution is 6.00. The molecule has 0 spiro atoms. The third kappa shape index (κ3) is 5.72. The second-order valence-electron chi connectivity index (χ2n) is 12.5. The number of hydrogen-bond donors (Lipinski definition) is 0. The summed E-state index contributed by atoms with van der Waals surface area (Å²) in [6, 6.07) is 65.9. The first-order valence-corrected chi connectivity index (χ1v) is 16.9. The fourth-order valence-corrected chi connectivity index (χ4v) is 6.72. The minimum Gasteiger partial charge on any atom is -0.208 e. The van der Waals surface area contributed by atoms with Gasteiger partial charge in [-0.1, -0.05) is 158 Å². The first-order valence-electron chi connectivity index (χ1n) is 16.9. The highest BCUT2D eigenvalue weighted by Crippen LogP contribution is 2.36. The molecule has 0 fully saturated rings. The molecule has 3 nitrogen and oxygen atoms in total. The second kappa shape index (κ2) is 12.7. The summed E-state index contributed by atoms with van der Waals surface area (Å²) in [6.07, 6.45) is 0. The maximum Gasteiger partial charge on any atom is 0.164 e. The molecular formula is C47H31N3. The van der Waals surface area contributed by atoms with Crippen LogP contribution in [0.1, 0.15) is 0 Å². The van der Waals surface area contributed by atoms with Crippen molar-refractivity contribution in [1.82, 2.24) is 15.0 Å². The van der Waals surface area contributed by atoms with Crippen LogP contribution in [0.4, 0.5) is 0 Å². The molecule has 1 aromatic heterocycles. The topological polar surface area (TPSA) is 38.7 Å². The van der Waals surface area contributed by atoms with Gasteiger partial charge in [-0.3, -0.25) is 0 Å². The molecule has 234 valence electrons. The standard InChI is InChI=1S/C47H31N3/c1-4-13-32(14-5-1)35-20-12-21-40(28-35)44-31-42(30-39-19-10-11-22-43(39)44)47-49-45(34-17-8-3-9-18-34)48-46(50-47)41-26-25-37-27-36(23-24-38(37)29-41)33-15-6-2-7-16-33/h1-31H. The molecule has 0 aliphatic rings. The van der Waals surface area contributed by atoms with Crippen LogP contribution in [0.5, 0.6) is 0 Å². The lowest BCUT2D eigenvalue weighted by atomic mass is 9.93. The zero-order valence-electron chi connectivity index (χ0n) is 27.2. The predicted molar refractivity (Wildman–Crippen MR) is 207 cm³/mol. The zero-order chi connectivity index (χ0) is 33.3. The van der Waals surface area contributed by atoms with Gasteiger partial charge in [0.25, 0.3) is 0 Å². The third-order valence-corrected chi connectivity index (χ3v) is 9.27. The van der Waals surface area contributed by atoms with Crippen molar-refractivity contribution in [2.45, 2.75) is 0 Å². The fourth-order valence-electron chi connectivity index (χ4n) is 6.72. The van der Waals surface area contributed by atoms with Gasteiger partial charge in [-0.25, -0.2) is 15.0 Å². The minimum atomic E-state index is 0.639. The molecule has 0 unspecified atom stereocenters. The Labute approximate surface area is 291 Å². The zero-order valence-corrected chi connectivity index (χ0v) is 27.2. The van der Waals surface area contributed by atoms with E-state index in [1.807, 2.05) is 24.3 Å². The summed E-state index contributed by atoms with van der Waals surface area (Å²) in [5.41, 5.74) is 9.89. The molecule has 0 N–H and O–H groups in total. The Hall–Kier alpha value is -6.71. The quantitative estimate of drug-likeness (QED) is 0.182. The maximum atomic E-state index is 5.16. The Balaban J connectivity index is 1.20. The minimum absolute atomic E-state index is 0.639. The van der Waals surface area contributed by atoms with Crippen LogP contribution in [0.2, 0.25) is 0 Å². The Kier molecular flexibility index (Phi) is 7.49. The summed E-state index contributed by atoms with van der Waals surface area (Å²) in [4.78, 5) is 15.3.